The van der Waals surface area contributed by atoms with E-state index in [2.05, 4.69) is 68.1 Å². The van der Waals surface area contributed by atoms with E-state index in [-0.39, 0.29) is 11.7 Å². The van der Waals surface area contributed by atoms with E-state index >= 15 is 0 Å². The fourth-order valence-electron chi connectivity index (χ4n) is 4.55. The zero-order valence-electron chi connectivity index (χ0n) is 16.7. The fraction of sp³-hybridized carbons (Fsp3) is 0.318. The van der Waals surface area contributed by atoms with Gasteiger partial charge in [-0.05, 0) is 41.2 Å². The van der Waals surface area contributed by atoms with Crippen LogP contribution >= 0.6 is 0 Å². The van der Waals surface area contributed by atoms with Crippen LogP contribution < -0.4 is 5.69 Å². The number of H-pyrrole nitrogens is 2. The van der Waals surface area contributed by atoms with Crippen molar-refractivity contribution in [3.63, 3.8) is 0 Å². The van der Waals surface area contributed by atoms with Gasteiger partial charge in [0, 0.05) is 11.5 Å². The zero-order chi connectivity index (χ0) is 20.5. The molecule has 2 aromatic heterocycles. The summed E-state index contributed by atoms with van der Waals surface area (Å²) in [4.78, 5) is 12.5. The van der Waals surface area contributed by atoms with Crippen molar-refractivity contribution in [2.45, 2.75) is 44.6 Å². The summed E-state index contributed by atoms with van der Waals surface area (Å²) >= 11 is 0. The standard InChI is InChI=1S/C22H23N7O/c1-2-5-16-12-13-19(29-21(16)25-26-22(29)30)15-10-8-14(9-11-15)17-6-3-4-7-18(17)20-23-27-28-24-20/h3-4,6-11,16,19H,2,5,12-13H2,1H3,(H,26,30)(H,23,24,27,28). The van der Waals surface area contributed by atoms with Crippen LogP contribution in [0.3, 0.4) is 0 Å². The third-order valence-electron chi connectivity index (χ3n) is 5.95. The van der Waals surface area contributed by atoms with Crippen molar-refractivity contribution >= 4 is 0 Å². The van der Waals surface area contributed by atoms with Gasteiger partial charge >= 0.3 is 5.69 Å². The minimum atomic E-state index is -0.123. The van der Waals surface area contributed by atoms with Crippen LogP contribution in [-0.4, -0.2) is 35.4 Å². The number of benzene rings is 2. The van der Waals surface area contributed by atoms with E-state index in [1.807, 2.05) is 22.8 Å². The molecule has 0 saturated carbocycles. The molecular weight excluding hydrogens is 378 g/mol. The molecule has 5 rings (SSSR count). The van der Waals surface area contributed by atoms with Crippen molar-refractivity contribution in [3.05, 3.63) is 70.4 Å². The highest BCUT2D eigenvalue weighted by molar-refractivity contribution is 5.80. The third-order valence-corrected chi connectivity index (χ3v) is 5.95. The largest absolute Gasteiger partial charge is 0.343 e. The topological polar surface area (TPSA) is 105 Å². The van der Waals surface area contributed by atoms with Crippen LogP contribution in [0, 0.1) is 0 Å². The Labute approximate surface area is 173 Å². The van der Waals surface area contributed by atoms with Crippen LogP contribution in [-0.2, 0) is 0 Å². The van der Waals surface area contributed by atoms with Gasteiger partial charge < -0.3 is 0 Å². The summed E-state index contributed by atoms with van der Waals surface area (Å²) in [7, 11) is 0. The molecule has 2 N–H and O–H groups in total. The number of nitrogens with zero attached hydrogens (tertiary/aromatic N) is 5. The second kappa shape index (κ2) is 7.70. The Balaban J connectivity index is 1.49. The molecule has 2 unspecified atom stereocenters. The number of aromatic amines is 2. The minimum absolute atomic E-state index is 0.0147. The Morgan fingerprint density at radius 3 is 2.57 bits per heavy atom. The van der Waals surface area contributed by atoms with E-state index in [0.29, 0.717) is 11.7 Å². The van der Waals surface area contributed by atoms with Crippen molar-refractivity contribution in [2.75, 3.05) is 0 Å². The van der Waals surface area contributed by atoms with Gasteiger partial charge in [-0.1, -0.05) is 61.9 Å². The number of tetrazole rings is 1. The van der Waals surface area contributed by atoms with Gasteiger partial charge in [0.2, 0.25) is 5.82 Å². The van der Waals surface area contributed by atoms with Crippen molar-refractivity contribution in [1.82, 2.24) is 35.4 Å². The summed E-state index contributed by atoms with van der Waals surface area (Å²) in [5, 5.41) is 21.4. The third kappa shape index (κ3) is 3.14. The molecule has 1 aliphatic heterocycles. The molecule has 0 saturated heterocycles. The summed E-state index contributed by atoms with van der Waals surface area (Å²) in [5.41, 5.74) is 4.03. The Morgan fingerprint density at radius 2 is 1.83 bits per heavy atom. The Kier molecular flexibility index (Phi) is 4.74. The predicted octanol–water partition coefficient (Wildman–Crippen LogP) is 3.69. The Hall–Kier alpha value is -3.55. The lowest BCUT2D eigenvalue weighted by Gasteiger charge is -2.29. The molecule has 8 heteroatoms. The van der Waals surface area contributed by atoms with Crippen LogP contribution in [0.25, 0.3) is 22.5 Å². The molecule has 3 heterocycles. The fourth-order valence-corrected chi connectivity index (χ4v) is 4.55. The lowest BCUT2D eigenvalue weighted by Crippen LogP contribution is -2.30. The molecule has 0 amide bonds. The molecule has 0 aliphatic carbocycles. The van der Waals surface area contributed by atoms with Gasteiger partial charge in [0.1, 0.15) is 5.82 Å². The summed E-state index contributed by atoms with van der Waals surface area (Å²) in [5.74, 6) is 1.81. The highest BCUT2D eigenvalue weighted by Crippen LogP contribution is 2.38. The molecule has 2 atom stereocenters. The lowest BCUT2D eigenvalue weighted by atomic mass is 9.87. The first kappa shape index (κ1) is 18.5. The minimum Gasteiger partial charge on any atom is -0.271 e. The highest BCUT2D eigenvalue weighted by Gasteiger charge is 2.30. The van der Waals surface area contributed by atoms with Crippen molar-refractivity contribution in [3.8, 4) is 22.5 Å². The van der Waals surface area contributed by atoms with E-state index in [4.69, 9.17) is 0 Å². The Morgan fingerprint density at radius 1 is 1.03 bits per heavy atom. The lowest BCUT2D eigenvalue weighted by molar-refractivity contribution is 0.373. The van der Waals surface area contributed by atoms with Crippen molar-refractivity contribution in [2.24, 2.45) is 0 Å². The average molecular weight is 401 g/mol. The normalized spacial score (nSPS) is 18.3. The second-order valence-electron chi connectivity index (χ2n) is 7.74. The molecule has 0 fully saturated rings. The quantitative estimate of drug-likeness (QED) is 0.531. The molecule has 4 aromatic rings. The van der Waals surface area contributed by atoms with Gasteiger partial charge in [0.25, 0.3) is 0 Å². The van der Waals surface area contributed by atoms with Gasteiger partial charge in [-0.15, -0.1) is 10.2 Å². The number of fused-ring (bicyclic) bond motifs is 1. The maximum absolute atomic E-state index is 12.5. The monoisotopic (exact) mass is 401 g/mol. The number of hydrogen-bond acceptors (Lipinski definition) is 5. The van der Waals surface area contributed by atoms with Crippen LogP contribution in [0.4, 0.5) is 0 Å². The number of nitrogens with one attached hydrogen (secondary N) is 2. The first-order valence-electron chi connectivity index (χ1n) is 10.4. The van der Waals surface area contributed by atoms with E-state index in [0.717, 1.165) is 53.8 Å². The van der Waals surface area contributed by atoms with Gasteiger partial charge in [0.15, 0.2) is 0 Å². The summed E-state index contributed by atoms with van der Waals surface area (Å²) in [6.45, 7) is 2.17. The van der Waals surface area contributed by atoms with E-state index in [1.165, 1.54) is 0 Å². The van der Waals surface area contributed by atoms with Gasteiger partial charge in [0.05, 0.1) is 6.04 Å². The molecular formula is C22H23N7O. The molecule has 0 spiro atoms. The van der Waals surface area contributed by atoms with Crippen molar-refractivity contribution in [1.29, 1.82) is 0 Å². The summed E-state index contributed by atoms with van der Waals surface area (Å²) < 4.78 is 1.85. The molecule has 30 heavy (non-hydrogen) atoms. The smallest absolute Gasteiger partial charge is 0.271 e. The van der Waals surface area contributed by atoms with E-state index < -0.39 is 0 Å². The summed E-state index contributed by atoms with van der Waals surface area (Å²) in [6.07, 6.45) is 4.13. The van der Waals surface area contributed by atoms with Crippen LogP contribution in [0.15, 0.2) is 53.3 Å². The van der Waals surface area contributed by atoms with Crippen molar-refractivity contribution < 1.29 is 0 Å². The number of hydrogen-bond donors (Lipinski definition) is 2. The first-order chi connectivity index (χ1) is 14.8. The number of rotatable bonds is 5. The van der Waals surface area contributed by atoms with Crippen LogP contribution in [0.2, 0.25) is 0 Å². The Bertz CT molecular complexity index is 1190. The highest BCUT2D eigenvalue weighted by atomic mass is 16.1. The van der Waals surface area contributed by atoms with Gasteiger partial charge in [-0.2, -0.15) is 10.3 Å². The summed E-state index contributed by atoms with van der Waals surface area (Å²) in [6, 6.07) is 16.4. The van der Waals surface area contributed by atoms with Crippen LogP contribution in [0.5, 0.6) is 0 Å². The second-order valence-corrected chi connectivity index (χ2v) is 7.74. The van der Waals surface area contributed by atoms with Gasteiger partial charge in [-0.3, -0.25) is 4.57 Å². The zero-order valence-corrected chi connectivity index (χ0v) is 16.7. The maximum atomic E-state index is 12.5. The molecule has 0 radical (unpaired) electrons. The van der Waals surface area contributed by atoms with Crippen LogP contribution in [0.1, 0.15) is 56.0 Å². The first-order valence-corrected chi connectivity index (χ1v) is 10.4. The number of aromatic nitrogens is 7. The molecule has 0 bridgehead atoms. The average Bonchev–Trinajstić information content (AvgIpc) is 3.45. The maximum Gasteiger partial charge on any atom is 0.343 e. The molecule has 2 aromatic carbocycles. The molecule has 8 nitrogen and oxygen atoms in total. The van der Waals surface area contributed by atoms with E-state index in [9.17, 15) is 4.79 Å². The van der Waals surface area contributed by atoms with E-state index in [1.54, 1.807) is 0 Å². The SMILES string of the molecule is CCCC1CCC(c2ccc(-c3ccccc3-c3nn[nH]n3)cc2)n2c1n[nH]c2=O. The molecule has 1 aliphatic rings. The molecule has 152 valence electrons. The van der Waals surface area contributed by atoms with Gasteiger partial charge in [-0.25, -0.2) is 9.89 Å². The predicted molar refractivity (Wildman–Crippen MR) is 113 cm³/mol.